The zero-order chi connectivity index (χ0) is 24.5. The highest BCUT2D eigenvalue weighted by atomic mass is 16.3. The van der Waals surface area contributed by atoms with Crippen molar-refractivity contribution in [3.8, 4) is 16.9 Å². The van der Waals surface area contributed by atoms with Crippen LogP contribution in [0.5, 0.6) is 5.75 Å². The predicted molar refractivity (Wildman–Crippen MR) is 119 cm³/mol. The van der Waals surface area contributed by atoms with Crippen molar-refractivity contribution in [1.29, 1.82) is 0 Å². The molecule has 5 rings (SSSR count). The van der Waals surface area contributed by atoms with Crippen molar-refractivity contribution < 1.29 is 34.2 Å². The van der Waals surface area contributed by atoms with Crippen LogP contribution in [0, 0.1) is 30.6 Å². The van der Waals surface area contributed by atoms with E-state index in [1.165, 1.54) is 6.07 Å². The van der Waals surface area contributed by atoms with E-state index >= 15 is 0 Å². The first-order chi connectivity index (χ1) is 16.1. The highest BCUT2D eigenvalue weighted by Crippen LogP contribution is 2.51. The van der Waals surface area contributed by atoms with E-state index in [1.807, 2.05) is 31.2 Å². The van der Waals surface area contributed by atoms with Crippen molar-refractivity contribution in [2.45, 2.75) is 31.8 Å². The summed E-state index contributed by atoms with van der Waals surface area (Å²) in [5.41, 5.74) is 5.81. The number of fused-ring (bicyclic) bond motifs is 3. The van der Waals surface area contributed by atoms with E-state index in [2.05, 4.69) is 0 Å². The molecule has 174 valence electrons. The van der Waals surface area contributed by atoms with Crippen LogP contribution in [0.3, 0.4) is 0 Å². The Balaban J connectivity index is 1.61. The average Bonchev–Trinajstić information content (AvgIpc) is 2.77. The molecule has 2 aromatic rings. The van der Waals surface area contributed by atoms with Crippen LogP contribution in [0.2, 0.25) is 0 Å². The highest BCUT2D eigenvalue weighted by Gasteiger charge is 2.66. The van der Waals surface area contributed by atoms with Crippen molar-refractivity contribution in [2.75, 3.05) is 0 Å². The minimum Gasteiger partial charge on any atom is -0.507 e. The molecule has 0 aliphatic heterocycles. The number of phenols is 1. The zero-order valence-electron chi connectivity index (χ0n) is 18.4. The molecule has 2 fully saturated rings. The number of ketones is 4. The fourth-order valence-electron chi connectivity index (χ4n) is 5.97. The maximum atomic E-state index is 13.6. The molecule has 4 N–H and O–H groups in total. The van der Waals surface area contributed by atoms with Gasteiger partial charge < -0.3 is 15.9 Å². The summed E-state index contributed by atoms with van der Waals surface area (Å²) in [4.78, 5) is 64.1. The van der Waals surface area contributed by atoms with E-state index in [1.54, 1.807) is 6.07 Å². The summed E-state index contributed by atoms with van der Waals surface area (Å²) < 4.78 is 0. The molecule has 8 nitrogen and oxygen atoms in total. The monoisotopic (exact) mass is 461 g/mol. The highest BCUT2D eigenvalue weighted by molar-refractivity contribution is 6.31. The van der Waals surface area contributed by atoms with Gasteiger partial charge in [-0.2, -0.15) is 0 Å². The number of aliphatic hydroxyl groups is 1. The van der Waals surface area contributed by atoms with Gasteiger partial charge in [0, 0.05) is 12.3 Å². The minimum atomic E-state index is -2.63. The van der Waals surface area contributed by atoms with Gasteiger partial charge in [0.1, 0.15) is 5.75 Å². The van der Waals surface area contributed by atoms with Crippen LogP contribution < -0.4 is 5.73 Å². The van der Waals surface area contributed by atoms with Gasteiger partial charge in [0.05, 0.1) is 11.5 Å². The van der Waals surface area contributed by atoms with E-state index in [-0.39, 0.29) is 30.6 Å². The number of Topliss-reactive ketones (excluding diaryl/α,β-unsaturated/α-hetero) is 4. The van der Waals surface area contributed by atoms with E-state index in [9.17, 15) is 34.2 Å². The van der Waals surface area contributed by atoms with Crippen LogP contribution in [0.25, 0.3) is 11.1 Å². The summed E-state index contributed by atoms with van der Waals surface area (Å²) in [5, 5.41) is 21.8. The second kappa shape index (κ2) is 7.43. The number of aromatic hydroxyl groups is 1. The van der Waals surface area contributed by atoms with E-state index in [0.717, 1.165) is 16.7 Å². The summed E-state index contributed by atoms with van der Waals surface area (Å²) in [6, 6.07) is 10.8. The molecule has 1 amide bonds. The number of hydrogen-bond acceptors (Lipinski definition) is 7. The van der Waals surface area contributed by atoms with Crippen LogP contribution in [-0.2, 0) is 25.6 Å². The number of rotatable bonds is 2. The Labute approximate surface area is 194 Å². The topological polar surface area (TPSA) is 152 Å². The molecule has 0 heterocycles. The van der Waals surface area contributed by atoms with Crippen LogP contribution in [0.4, 0.5) is 0 Å². The Kier molecular flexibility index (Phi) is 4.84. The average molecular weight is 461 g/mol. The normalized spacial score (nSPS) is 30.4. The molecule has 0 saturated heterocycles. The van der Waals surface area contributed by atoms with E-state index in [0.29, 0.717) is 5.56 Å². The van der Waals surface area contributed by atoms with Gasteiger partial charge in [-0.1, -0.05) is 35.9 Å². The first-order valence-electron chi connectivity index (χ1n) is 11.1. The summed E-state index contributed by atoms with van der Waals surface area (Å²) in [5.74, 6) is -10.0. The maximum Gasteiger partial charge on any atom is 0.235 e. The molecular weight excluding hydrogens is 438 g/mol. The number of carbonyl (C=O) groups excluding carboxylic acids is 5. The zero-order valence-corrected chi connectivity index (χ0v) is 18.4. The molecule has 0 aromatic heterocycles. The lowest BCUT2D eigenvalue weighted by molar-refractivity contribution is -0.175. The van der Waals surface area contributed by atoms with Crippen LogP contribution in [0.15, 0.2) is 36.4 Å². The lowest BCUT2D eigenvalue weighted by atomic mass is 9.53. The van der Waals surface area contributed by atoms with Crippen molar-refractivity contribution in [2.24, 2.45) is 29.4 Å². The number of hydrogen-bond donors (Lipinski definition) is 3. The molecule has 3 aliphatic rings. The Morgan fingerprint density at radius 2 is 1.68 bits per heavy atom. The summed E-state index contributed by atoms with van der Waals surface area (Å²) in [6.45, 7) is 1.95. The Bertz CT molecular complexity index is 1290. The van der Waals surface area contributed by atoms with Gasteiger partial charge in [-0.25, -0.2) is 0 Å². The number of benzene rings is 2. The van der Waals surface area contributed by atoms with Gasteiger partial charge >= 0.3 is 0 Å². The van der Waals surface area contributed by atoms with Gasteiger partial charge in [0.25, 0.3) is 0 Å². The number of amides is 1. The van der Waals surface area contributed by atoms with Crippen LogP contribution in [-0.4, -0.2) is 44.9 Å². The molecule has 3 aliphatic carbocycles. The lowest BCUT2D eigenvalue weighted by Crippen LogP contribution is -2.68. The predicted octanol–water partition coefficient (Wildman–Crippen LogP) is 1.30. The largest absolute Gasteiger partial charge is 0.507 e. The minimum absolute atomic E-state index is 0.000473. The van der Waals surface area contributed by atoms with Gasteiger partial charge in [0.15, 0.2) is 34.7 Å². The molecule has 34 heavy (non-hydrogen) atoms. The number of aryl methyl sites for hydroxylation is 1. The summed E-state index contributed by atoms with van der Waals surface area (Å²) >= 11 is 0. The number of phenolic OH excluding ortho intramolecular Hbond substituents is 1. The van der Waals surface area contributed by atoms with Gasteiger partial charge in [-0.3, -0.25) is 24.0 Å². The molecular formula is C26H23NO7. The van der Waals surface area contributed by atoms with Crippen molar-refractivity contribution in [3.63, 3.8) is 0 Å². The van der Waals surface area contributed by atoms with Crippen molar-refractivity contribution >= 4 is 29.0 Å². The summed E-state index contributed by atoms with van der Waals surface area (Å²) in [6.07, 6.45) is -0.0238. The Morgan fingerprint density at radius 1 is 1.00 bits per heavy atom. The molecule has 2 unspecified atom stereocenters. The van der Waals surface area contributed by atoms with Crippen LogP contribution >= 0.6 is 0 Å². The SMILES string of the molecule is Cc1ccc(-c2ccc(O)c3c2C[C@H]2C[C@H]4CC(=O)C(C(N)=O)C(=O)[C@@]4(O)C(=O)C2C3=O)cc1. The third kappa shape index (κ3) is 2.91. The first-order valence-corrected chi connectivity index (χ1v) is 11.1. The van der Waals surface area contributed by atoms with Gasteiger partial charge in [0.2, 0.25) is 5.91 Å². The number of nitrogens with two attached hydrogens (primary N) is 1. The molecule has 2 aromatic carbocycles. The number of carbonyl (C=O) groups is 5. The molecule has 0 radical (unpaired) electrons. The fraction of sp³-hybridized carbons (Fsp3) is 0.346. The smallest absolute Gasteiger partial charge is 0.235 e. The Hall–Kier alpha value is -3.65. The lowest BCUT2D eigenvalue weighted by Gasteiger charge is -2.48. The molecule has 5 atom stereocenters. The second-order valence-electron chi connectivity index (χ2n) is 9.59. The van der Waals surface area contributed by atoms with E-state index < -0.39 is 58.3 Å². The van der Waals surface area contributed by atoms with Crippen LogP contribution in [0.1, 0.15) is 34.3 Å². The third-order valence-corrected chi connectivity index (χ3v) is 7.65. The molecule has 0 bridgehead atoms. The Morgan fingerprint density at radius 3 is 2.32 bits per heavy atom. The third-order valence-electron chi connectivity index (χ3n) is 7.65. The molecule has 8 heteroatoms. The maximum absolute atomic E-state index is 13.6. The standard InChI is InChI=1S/C26H23NO7/c1-11-2-4-12(5-3-11)15-6-7-17(28)20-16(15)9-13-8-14-10-18(29)21(25(27)33)24(32)26(14,34)23(31)19(13)22(20)30/h2-7,13-14,19,21,28,34H,8-10H2,1H3,(H2,27,33)/t13-,14+,19?,21?,26+/m1/s1. The van der Waals surface area contributed by atoms with Gasteiger partial charge in [-0.15, -0.1) is 0 Å². The first kappa shape index (κ1) is 22.2. The van der Waals surface area contributed by atoms with Gasteiger partial charge in [-0.05, 0) is 48.4 Å². The molecule has 0 spiro atoms. The van der Waals surface area contributed by atoms with Crippen molar-refractivity contribution in [1.82, 2.24) is 0 Å². The fourth-order valence-corrected chi connectivity index (χ4v) is 5.97. The quantitative estimate of drug-likeness (QED) is 0.570. The number of primary amides is 1. The van der Waals surface area contributed by atoms with Crippen molar-refractivity contribution in [3.05, 3.63) is 53.1 Å². The van der Waals surface area contributed by atoms with E-state index in [4.69, 9.17) is 5.73 Å². The molecule has 2 saturated carbocycles. The second-order valence-corrected chi connectivity index (χ2v) is 9.59. The summed E-state index contributed by atoms with van der Waals surface area (Å²) in [7, 11) is 0.